The van der Waals surface area contributed by atoms with E-state index in [0.29, 0.717) is 0 Å². The van der Waals surface area contributed by atoms with E-state index in [9.17, 15) is 0 Å². The number of aromatic nitrogens is 4. The highest BCUT2D eigenvalue weighted by Crippen LogP contribution is 2.43. The molecule has 0 amide bonds. The number of hydrogen-bond acceptors (Lipinski definition) is 5. The van der Waals surface area contributed by atoms with Gasteiger partial charge in [-0.05, 0) is 88.3 Å². The zero-order valence-corrected chi connectivity index (χ0v) is 25.2. The molecular formula is C42H26N4O. The van der Waals surface area contributed by atoms with Gasteiger partial charge in [-0.15, -0.1) is 0 Å². The molecule has 0 aliphatic carbocycles. The van der Waals surface area contributed by atoms with E-state index >= 15 is 0 Å². The van der Waals surface area contributed by atoms with Crippen molar-refractivity contribution in [1.82, 2.24) is 19.9 Å². The Morgan fingerprint density at radius 1 is 0.383 bits per heavy atom. The lowest BCUT2D eigenvalue weighted by Gasteiger charge is -2.12. The van der Waals surface area contributed by atoms with E-state index in [1.54, 1.807) is 12.4 Å². The van der Waals surface area contributed by atoms with Gasteiger partial charge in [-0.25, -0.2) is 4.98 Å². The zero-order valence-electron chi connectivity index (χ0n) is 25.2. The molecule has 5 heterocycles. The van der Waals surface area contributed by atoms with Gasteiger partial charge >= 0.3 is 0 Å². The second-order valence-electron chi connectivity index (χ2n) is 11.5. The standard InChI is InChI=1S/C42H26N4O/c1-2-11-31-30(10-1)33(26-34-41-32(35-13-3-6-21-43-35)12-9-16-40(41)47-42(31)34)28-19-17-27(18-20-28)29-24-38(36-14-4-7-22-44-36)46-39(25-29)37-15-5-8-23-45-37/h1-26H. The molecule has 0 unspecified atom stereocenters. The summed E-state index contributed by atoms with van der Waals surface area (Å²) in [6, 6.07) is 47.7. The monoisotopic (exact) mass is 602 g/mol. The molecule has 4 aromatic carbocycles. The third-order valence-electron chi connectivity index (χ3n) is 8.65. The predicted octanol–water partition coefficient (Wildman–Crippen LogP) is 10.7. The Labute approximate surface area is 270 Å². The molecule has 0 bridgehead atoms. The summed E-state index contributed by atoms with van der Waals surface area (Å²) in [5.41, 5.74) is 11.4. The Hall–Kier alpha value is -6.46. The molecule has 0 spiro atoms. The Morgan fingerprint density at radius 3 is 1.62 bits per heavy atom. The minimum absolute atomic E-state index is 0.805. The molecule has 9 aromatic rings. The fourth-order valence-electron chi connectivity index (χ4n) is 6.45. The van der Waals surface area contributed by atoms with Gasteiger partial charge in [0.2, 0.25) is 0 Å². The third-order valence-corrected chi connectivity index (χ3v) is 8.65. The largest absolute Gasteiger partial charge is 0.455 e. The van der Waals surface area contributed by atoms with Gasteiger partial charge in [0.15, 0.2) is 0 Å². The first kappa shape index (κ1) is 26.9. The smallest absolute Gasteiger partial charge is 0.143 e. The number of fused-ring (bicyclic) bond motifs is 5. The summed E-state index contributed by atoms with van der Waals surface area (Å²) in [4.78, 5) is 18.8. The summed E-state index contributed by atoms with van der Waals surface area (Å²) >= 11 is 0. The summed E-state index contributed by atoms with van der Waals surface area (Å²) in [7, 11) is 0. The summed E-state index contributed by atoms with van der Waals surface area (Å²) in [5, 5.41) is 4.38. The first-order chi connectivity index (χ1) is 23.3. The summed E-state index contributed by atoms with van der Waals surface area (Å²) in [5.74, 6) is 0. The lowest BCUT2D eigenvalue weighted by molar-refractivity contribution is 0.673. The number of benzene rings is 4. The van der Waals surface area contributed by atoms with Crippen LogP contribution in [0.4, 0.5) is 0 Å². The van der Waals surface area contributed by atoms with Gasteiger partial charge in [-0.2, -0.15) is 0 Å². The van der Waals surface area contributed by atoms with E-state index in [0.717, 1.165) is 89.0 Å². The molecule has 47 heavy (non-hydrogen) atoms. The van der Waals surface area contributed by atoms with Crippen molar-refractivity contribution in [2.45, 2.75) is 0 Å². The van der Waals surface area contributed by atoms with Crippen LogP contribution in [0.2, 0.25) is 0 Å². The number of rotatable bonds is 5. The highest BCUT2D eigenvalue weighted by atomic mass is 16.3. The van der Waals surface area contributed by atoms with Crippen LogP contribution in [0.1, 0.15) is 0 Å². The van der Waals surface area contributed by atoms with Gasteiger partial charge in [-0.3, -0.25) is 15.0 Å². The van der Waals surface area contributed by atoms with Crippen LogP contribution in [0.3, 0.4) is 0 Å². The Kier molecular flexibility index (Phi) is 6.39. The molecule has 0 fully saturated rings. The Bertz CT molecular complexity index is 2490. The number of nitrogens with zero attached hydrogens (tertiary/aromatic N) is 4. The van der Waals surface area contributed by atoms with Crippen molar-refractivity contribution in [2.75, 3.05) is 0 Å². The quantitative estimate of drug-likeness (QED) is 0.196. The topological polar surface area (TPSA) is 64.7 Å². The van der Waals surface area contributed by atoms with Crippen molar-refractivity contribution in [3.8, 4) is 56.3 Å². The van der Waals surface area contributed by atoms with E-state index in [2.05, 4.69) is 87.7 Å². The zero-order chi connectivity index (χ0) is 31.2. The SMILES string of the molecule is c1ccc(-c2cc(-c3ccc(-c4cc5c(oc6cccc(-c7ccccn7)c65)c5ccccc45)cc3)cc(-c3ccccn3)n2)nc1. The van der Waals surface area contributed by atoms with Gasteiger partial charge in [0.25, 0.3) is 0 Å². The molecule has 0 radical (unpaired) electrons. The molecule has 0 atom stereocenters. The van der Waals surface area contributed by atoms with Gasteiger partial charge in [0.1, 0.15) is 11.2 Å². The van der Waals surface area contributed by atoms with E-state index in [1.165, 1.54) is 0 Å². The van der Waals surface area contributed by atoms with Gasteiger partial charge in [0.05, 0.1) is 28.5 Å². The molecule has 0 saturated carbocycles. The molecule has 5 aromatic heterocycles. The van der Waals surface area contributed by atoms with E-state index in [-0.39, 0.29) is 0 Å². The van der Waals surface area contributed by atoms with E-state index < -0.39 is 0 Å². The second-order valence-corrected chi connectivity index (χ2v) is 11.5. The van der Waals surface area contributed by atoms with Crippen LogP contribution in [0.15, 0.2) is 163 Å². The van der Waals surface area contributed by atoms with Crippen molar-refractivity contribution in [3.05, 3.63) is 158 Å². The summed E-state index contributed by atoms with van der Waals surface area (Å²) < 4.78 is 6.55. The molecule has 9 rings (SSSR count). The van der Waals surface area contributed by atoms with E-state index in [1.807, 2.05) is 72.9 Å². The highest BCUT2D eigenvalue weighted by molar-refractivity contribution is 6.22. The van der Waals surface area contributed by atoms with Crippen LogP contribution in [0, 0.1) is 0 Å². The number of furan rings is 1. The van der Waals surface area contributed by atoms with Crippen LogP contribution in [-0.2, 0) is 0 Å². The van der Waals surface area contributed by atoms with Crippen molar-refractivity contribution in [2.24, 2.45) is 0 Å². The molecule has 0 saturated heterocycles. The van der Waals surface area contributed by atoms with Gasteiger partial charge in [0, 0.05) is 40.3 Å². The van der Waals surface area contributed by atoms with Gasteiger partial charge < -0.3 is 4.42 Å². The molecule has 0 N–H and O–H groups in total. The molecule has 5 nitrogen and oxygen atoms in total. The van der Waals surface area contributed by atoms with Crippen molar-refractivity contribution in [1.29, 1.82) is 0 Å². The van der Waals surface area contributed by atoms with Crippen LogP contribution >= 0.6 is 0 Å². The first-order valence-corrected chi connectivity index (χ1v) is 15.5. The predicted molar refractivity (Wildman–Crippen MR) is 190 cm³/mol. The Morgan fingerprint density at radius 2 is 0.979 bits per heavy atom. The number of pyridine rings is 4. The van der Waals surface area contributed by atoms with Gasteiger partial charge in [-0.1, -0.05) is 78.9 Å². The minimum atomic E-state index is 0.805. The molecule has 0 aliphatic rings. The van der Waals surface area contributed by atoms with Crippen molar-refractivity contribution >= 4 is 32.7 Å². The molecule has 220 valence electrons. The first-order valence-electron chi connectivity index (χ1n) is 15.5. The molecule has 0 aliphatic heterocycles. The third kappa shape index (κ3) is 4.73. The summed E-state index contributed by atoms with van der Waals surface area (Å²) in [6.45, 7) is 0. The van der Waals surface area contributed by atoms with Crippen LogP contribution in [0.5, 0.6) is 0 Å². The average molecular weight is 603 g/mol. The second kappa shape index (κ2) is 11.2. The highest BCUT2D eigenvalue weighted by Gasteiger charge is 2.18. The lowest BCUT2D eigenvalue weighted by atomic mass is 9.93. The normalized spacial score (nSPS) is 11.4. The average Bonchev–Trinajstić information content (AvgIpc) is 3.55. The minimum Gasteiger partial charge on any atom is -0.455 e. The Balaban J connectivity index is 1.21. The summed E-state index contributed by atoms with van der Waals surface area (Å²) in [6.07, 6.45) is 5.42. The fourth-order valence-corrected chi connectivity index (χ4v) is 6.45. The maximum absolute atomic E-state index is 6.55. The number of hydrogen-bond donors (Lipinski definition) is 0. The van der Waals surface area contributed by atoms with Crippen LogP contribution in [0.25, 0.3) is 89.0 Å². The maximum atomic E-state index is 6.55. The molecular weight excluding hydrogens is 576 g/mol. The van der Waals surface area contributed by atoms with Crippen molar-refractivity contribution < 1.29 is 4.42 Å². The van der Waals surface area contributed by atoms with Crippen molar-refractivity contribution in [3.63, 3.8) is 0 Å². The fraction of sp³-hybridized carbons (Fsp3) is 0. The lowest BCUT2D eigenvalue weighted by Crippen LogP contribution is -1.94. The van der Waals surface area contributed by atoms with Crippen LogP contribution in [-0.4, -0.2) is 19.9 Å². The maximum Gasteiger partial charge on any atom is 0.143 e. The molecule has 5 heteroatoms. The van der Waals surface area contributed by atoms with E-state index in [4.69, 9.17) is 9.40 Å². The van der Waals surface area contributed by atoms with Crippen LogP contribution < -0.4 is 0 Å².